The molecular formula is C16H31NO2. The summed E-state index contributed by atoms with van der Waals surface area (Å²) < 4.78 is 5.35. The molecule has 0 radical (unpaired) electrons. The number of rotatable bonds is 11. The number of esters is 1. The molecule has 19 heavy (non-hydrogen) atoms. The normalized spacial score (nSPS) is 12.5. The van der Waals surface area contributed by atoms with E-state index in [2.05, 4.69) is 25.3 Å². The number of ether oxygens (including phenoxy) is 1. The number of nitrogens with zero attached hydrogens (tertiary/aromatic N) is 1. The third-order valence-electron chi connectivity index (χ3n) is 3.35. The average Bonchev–Trinajstić information content (AvgIpc) is 2.37. The molecule has 0 saturated carbocycles. The molecule has 0 saturated heterocycles. The highest BCUT2D eigenvalue weighted by atomic mass is 16.6. The van der Waals surface area contributed by atoms with E-state index in [-0.39, 0.29) is 12.2 Å². The molecular weight excluding hydrogens is 238 g/mol. The van der Waals surface area contributed by atoms with Crippen molar-refractivity contribution >= 4 is 5.97 Å². The molecule has 1 atom stereocenters. The van der Waals surface area contributed by atoms with Crippen molar-refractivity contribution in [3.8, 4) is 0 Å². The van der Waals surface area contributed by atoms with Crippen molar-refractivity contribution in [2.45, 2.75) is 72.4 Å². The first kappa shape index (κ1) is 18.2. The second kappa shape index (κ2) is 11.0. The largest absolute Gasteiger partial charge is 0.443 e. The summed E-state index contributed by atoms with van der Waals surface area (Å²) in [4.78, 5) is 13.7. The molecule has 0 bridgehead atoms. The first-order valence-electron chi connectivity index (χ1n) is 7.63. The van der Waals surface area contributed by atoms with Crippen LogP contribution in [0.4, 0.5) is 0 Å². The zero-order valence-corrected chi connectivity index (χ0v) is 13.2. The fourth-order valence-corrected chi connectivity index (χ4v) is 2.02. The van der Waals surface area contributed by atoms with E-state index in [1.165, 1.54) is 38.5 Å². The third kappa shape index (κ3) is 8.82. The van der Waals surface area contributed by atoms with Gasteiger partial charge in [-0.3, -0.25) is 4.90 Å². The monoisotopic (exact) mass is 269 g/mol. The zero-order valence-electron chi connectivity index (χ0n) is 13.2. The highest BCUT2D eigenvalue weighted by molar-refractivity contribution is 5.87. The maximum Gasteiger partial charge on any atom is 0.334 e. The van der Waals surface area contributed by atoms with E-state index in [4.69, 9.17) is 4.74 Å². The fourth-order valence-electron chi connectivity index (χ4n) is 2.02. The lowest BCUT2D eigenvalue weighted by Crippen LogP contribution is -2.37. The van der Waals surface area contributed by atoms with Crippen molar-refractivity contribution in [3.63, 3.8) is 0 Å². The van der Waals surface area contributed by atoms with E-state index in [9.17, 15) is 4.79 Å². The Morgan fingerprint density at radius 1 is 1.16 bits per heavy atom. The maximum atomic E-state index is 11.5. The molecule has 0 rings (SSSR count). The number of unbranched alkanes of at least 4 members (excludes halogenated alkanes) is 5. The molecule has 0 N–H and O–H groups in total. The molecule has 0 aliphatic heterocycles. The van der Waals surface area contributed by atoms with Gasteiger partial charge in [0, 0.05) is 12.1 Å². The summed E-state index contributed by atoms with van der Waals surface area (Å²) in [5.74, 6) is -0.297. The standard InChI is InChI=1S/C16H31NO2/c1-6-8-9-10-11-12-13-17(7-2)15(5)19-16(18)14(3)4/h15H,3,6-13H2,1-2,4-5H3. The van der Waals surface area contributed by atoms with Gasteiger partial charge in [0.2, 0.25) is 0 Å². The minimum atomic E-state index is -0.297. The molecule has 3 nitrogen and oxygen atoms in total. The number of carbonyl (C=O) groups is 1. The number of hydrogen-bond donors (Lipinski definition) is 0. The van der Waals surface area contributed by atoms with Crippen molar-refractivity contribution in [2.24, 2.45) is 0 Å². The van der Waals surface area contributed by atoms with Gasteiger partial charge in [-0.15, -0.1) is 0 Å². The van der Waals surface area contributed by atoms with Crippen molar-refractivity contribution in [1.82, 2.24) is 4.90 Å². The van der Waals surface area contributed by atoms with E-state index >= 15 is 0 Å². The Bertz CT molecular complexity index is 263. The summed E-state index contributed by atoms with van der Waals surface area (Å²) in [7, 11) is 0. The number of hydrogen-bond acceptors (Lipinski definition) is 3. The van der Waals surface area contributed by atoms with Gasteiger partial charge in [-0.25, -0.2) is 4.79 Å². The molecule has 0 aromatic heterocycles. The zero-order chi connectivity index (χ0) is 14.7. The topological polar surface area (TPSA) is 29.5 Å². The summed E-state index contributed by atoms with van der Waals surface area (Å²) in [6.07, 6.45) is 7.54. The Labute approximate surface area is 119 Å². The van der Waals surface area contributed by atoms with Gasteiger partial charge >= 0.3 is 5.97 Å². The van der Waals surface area contributed by atoms with Crippen molar-refractivity contribution in [1.29, 1.82) is 0 Å². The van der Waals surface area contributed by atoms with Crippen LogP contribution < -0.4 is 0 Å². The highest BCUT2D eigenvalue weighted by Crippen LogP contribution is 2.09. The maximum absolute atomic E-state index is 11.5. The van der Waals surface area contributed by atoms with Gasteiger partial charge in [-0.2, -0.15) is 0 Å². The SMILES string of the molecule is C=C(C)C(=O)OC(C)N(CC)CCCCCCCC. The Morgan fingerprint density at radius 2 is 1.74 bits per heavy atom. The van der Waals surface area contributed by atoms with Crippen molar-refractivity contribution < 1.29 is 9.53 Å². The van der Waals surface area contributed by atoms with Crippen LogP contribution in [0.5, 0.6) is 0 Å². The van der Waals surface area contributed by atoms with Crippen LogP contribution in [-0.2, 0) is 9.53 Å². The van der Waals surface area contributed by atoms with Crippen LogP contribution >= 0.6 is 0 Å². The molecule has 1 unspecified atom stereocenters. The first-order valence-corrected chi connectivity index (χ1v) is 7.63. The van der Waals surface area contributed by atoms with Gasteiger partial charge in [-0.05, 0) is 26.8 Å². The minimum Gasteiger partial charge on any atom is -0.443 e. The molecule has 0 amide bonds. The van der Waals surface area contributed by atoms with Gasteiger partial charge in [0.25, 0.3) is 0 Å². The molecule has 0 spiro atoms. The Morgan fingerprint density at radius 3 is 2.26 bits per heavy atom. The van der Waals surface area contributed by atoms with E-state index in [0.717, 1.165) is 13.1 Å². The van der Waals surface area contributed by atoms with Crippen LogP contribution in [0.1, 0.15) is 66.2 Å². The smallest absolute Gasteiger partial charge is 0.334 e. The van der Waals surface area contributed by atoms with E-state index in [0.29, 0.717) is 5.57 Å². The van der Waals surface area contributed by atoms with Crippen LogP contribution in [0.3, 0.4) is 0 Å². The first-order chi connectivity index (χ1) is 9.02. The molecule has 0 fully saturated rings. The predicted octanol–water partition coefficient (Wildman–Crippen LogP) is 4.13. The average molecular weight is 269 g/mol. The van der Waals surface area contributed by atoms with Crippen LogP contribution in [0, 0.1) is 0 Å². The lowest BCUT2D eigenvalue weighted by Gasteiger charge is -2.27. The second-order valence-corrected chi connectivity index (χ2v) is 5.18. The van der Waals surface area contributed by atoms with Crippen molar-refractivity contribution in [3.05, 3.63) is 12.2 Å². The summed E-state index contributed by atoms with van der Waals surface area (Å²) >= 11 is 0. The molecule has 0 aromatic rings. The van der Waals surface area contributed by atoms with Crippen LogP contribution in [0.2, 0.25) is 0 Å². The van der Waals surface area contributed by atoms with Gasteiger partial charge in [0.1, 0.15) is 0 Å². The fraction of sp³-hybridized carbons (Fsp3) is 0.812. The summed E-state index contributed by atoms with van der Waals surface area (Å²) in [6.45, 7) is 13.4. The quantitative estimate of drug-likeness (QED) is 0.244. The summed E-state index contributed by atoms with van der Waals surface area (Å²) in [5, 5.41) is 0. The van der Waals surface area contributed by atoms with Gasteiger partial charge in [0.15, 0.2) is 6.23 Å². The summed E-state index contributed by atoms with van der Waals surface area (Å²) in [5.41, 5.74) is 0.461. The Hall–Kier alpha value is -0.830. The van der Waals surface area contributed by atoms with E-state index in [1.807, 2.05) is 6.92 Å². The predicted molar refractivity (Wildman–Crippen MR) is 81.0 cm³/mol. The molecule has 0 heterocycles. The lowest BCUT2D eigenvalue weighted by atomic mass is 10.1. The van der Waals surface area contributed by atoms with Crippen LogP contribution in [0.15, 0.2) is 12.2 Å². The van der Waals surface area contributed by atoms with Crippen molar-refractivity contribution in [2.75, 3.05) is 13.1 Å². The van der Waals surface area contributed by atoms with Gasteiger partial charge in [0.05, 0.1) is 0 Å². The van der Waals surface area contributed by atoms with E-state index < -0.39 is 0 Å². The highest BCUT2D eigenvalue weighted by Gasteiger charge is 2.16. The Kier molecular flexibility index (Phi) is 10.6. The second-order valence-electron chi connectivity index (χ2n) is 5.18. The van der Waals surface area contributed by atoms with Gasteiger partial charge in [-0.1, -0.05) is 52.5 Å². The lowest BCUT2D eigenvalue weighted by molar-refractivity contribution is -0.152. The van der Waals surface area contributed by atoms with Crippen LogP contribution in [-0.4, -0.2) is 30.2 Å². The molecule has 0 aromatic carbocycles. The molecule has 3 heteroatoms. The van der Waals surface area contributed by atoms with Crippen LogP contribution in [0.25, 0.3) is 0 Å². The molecule has 112 valence electrons. The van der Waals surface area contributed by atoms with E-state index in [1.54, 1.807) is 6.92 Å². The molecule has 0 aliphatic rings. The minimum absolute atomic E-state index is 0.162. The molecule has 0 aliphatic carbocycles. The summed E-state index contributed by atoms with van der Waals surface area (Å²) in [6, 6.07) is 0. The van der Waals surface area contributed by atoms with Gasteiger partial charge < -0.3 is 4.74 Å². The number of carbonyl (C=O) groups excluding carboxylic acids is 1. The third-order valence-corrected chi connectivity index (χ3v) is 3.35. The Balaban J connectivity index is 3.86.